The average Bonchev–Trinajstić information content (AvgIpc) is 2.70. The van der Waals surface area contributed by atoms with E-state index in [1.165, 1.54) is 6.20 Å². The van der Waals surface area contributed by atoms with Gasteiger partial charge in [-0.15, -0.1) is 0 Å². The molecule has 0 unspecified atom stereocenters. The van der Waals surface area contributed by atoms with Crippen molar-refractivity contribution in [2.75, 3.05) is 5.32 Å². The van der Waals surface area contributed by atoms with Gasteiger partial charge in [0.1, 0.15) is 0 Å². The largest absolute Gasteiger partial charge is 0.319 e. The molecule has 0 saturated carbocycles. The van der Waals surface area contributed by atoms with Crippen molar-refractivity contribution in [2.24, 2.45) is 0 Å². The molecule has 2 aromatic rings. The fourth-order valence-electron chi connectivity index (χ4n) is 1.43. The van der Waals surface area contributed by atoms with E-state index in [0.717, 1.165) is 5.56 Å². The third kappa shape index (κ3) is 2.06. The highest BCUT2D eigenvalue weighted by molar-refractivity contribution is 6.34. The fraction of sp³-hybridized carbons (Fsp3) is 0.0909. The lowest BCUT2D eigenvalue weighted by molar-refractivity contribution is 0.102. The molecular weight excluding hydrogens is 226 g/mol. The summed E-state index contributed by atoms with van der Waals surface area (Å²) in [6, 6.07) is 5.35. The van der Waals surface area contributed by atoms with Crippen LogP contribution in [-0.4, -0.2) is 16.1 Å². The van der Waals surface area contributed by atoms with Crippen LogP contribution < -0.4 is 5.32 Å². The lowest BCUT2D eigenvalue weighted by Gasteiger charge is -2.07. The molecule has 1 aromatic heterocycles. The second-order valence-electron chi connectivity index (χ2n) is 3.37. The normalized spacial score (nSPS) is 10.1. The maximum atomic E-state index is 11.9. The minimum absolute atomic E-state index is 0.232. The minimum Gasteiger partial charge on any atom is -0.319 e. The minimum atomic E-state index is -0.232. The molecule has 0 aliphatic carbocycles. The first-order valence-corrected chi connectivity index (χ1v) is 5.11. The number of halogens is 1. The second kappa shape index (κ2) is 4.37. The summed E-state index contributed by atoms with van der Waals surface area (Å²) >= 11 is 5.98. The van der Waals surface area contributed by atoms with Gasteiger partial charge >= 0.3 is 0 Å². The standard InChI is InChI=1S/C11H10ClN3O/c1-7-3-2-4-9(12)10(7)11(16)15-8-5-13-14-6-8/h2-6H,1H3,(H,13,14)(H,15,16). The summed E-state index contributed by atoms with van der Waals surface area (Å²) in [5, 5.41) is 9.51. The molecule has 0 saturated heterocycles. The van der Waals surface area contributed by atoms with Gasteiger partial charge in [0.15, 0.2) is 0 Å². The van der Waals surface area contributed by atoms with Gasteiger partial charge in [0.25, 0.3) is 5.91 Å². The predicted molar refractivity (Wildman–Crippen MR) is 62.7 cm³/mol. The molecule has 5 heteroatoms. The molecule has 0 spiro atoms. The summed E-state index contributed by atoms with van der Waals surface area (Å²) in [6.07, 6.45) is 3.13. The quantitative estimate of drug-likeness (QED) is 0.841. The van der Waals surface area contributed by atoms with Crippen molar-refractivity contribution < 1.29 is 4.79 Å². The number of rotatable bonds is 2. The Morgan fingerprint density at radius 2 is 2.31 bits per heavy atom. The van der Waals surface area contributed by atoms with Crippen molar-refractivity contribution in [3.05, 3.63) is 46.7 Å². The summed E-state index contributed by atoms with van der Waals surface area (Å²) in [6.45, 7) is 1.84. The van der Waals surface area contributed by atoms with Gasteiger partial charge in [0.05, 0.1) is 22.5 Å². The molecule has 0 bridgehead atoms. The number of aromatic amines is 1. The van der Waals surface area contributed by atoms with Gasteiger partial charge in [-0.3, -0.25) is 9.89 Å². The van der Waals surface area contributed by atoms with E-state index >= 15 is 0 Å². The number of anilines is 1. The Hall–Kier alpha value is -1.81. The molecule has 4 nitrogen and oxygen atoms in total. The number of benzene rings is 1. The molecule has 0 fully saturated rings. The molecule has 16 heavy (non-hydrogen) atoms. The van der Waals surface area contributed by atoms with E-state index in [1.807, 2.05) is 19.1 Å². The summed E-state index contributed by atoms with van der Waals surface area (Å²) in [4.78, 5) is 11.9. The highest BCUT2D eigenvalue weighted by atomic mass is 35.5. The van der Waals surface area contributed by atoms with Crippen LogP contribution in [0.4, 0.5) is 5.69 Å². The van der Waals surface area contributed by atoms with Crippen LogP contribution in [0, 0.1) is 6.92 Å². The first-order chi connectivity index (χ1) is 7.68. The van der Waals surface area contributed by atoms with Crippen LogP contribution in [0.25, 0.3) is 0 Å². The smallest absolute Gasteiger partial charge is 0.257 e. The van der Waals surface area contributed by atoms with Crippen molar-refractivity contribution in [3.8, 4) is 0 Å². The number of hydrogen-bond donors (Lipinski definition) is 2. The molecule has 1 heterocycles. The van der Waals surface area contributed by atoms with Gasteiger partial charge in [-0.1, -0.05) is 23.7 Å². The van der Waals surface area contributed by atoms with Crippen molar-refractivity contribution in [2.45, 2.75) is 6.92 Å². The van der Waals surface area contributed by atoms with Gasteiger partial charge in [0.2, 0.25) is 0 Å². The van der Waals surface area contributed by atoms with Crippen LogP contribution in [0.5, 0.6) is 0 Å². The van der Waals surface area contributed by atoms with Crippen LogP contribution >= 0.6 is 11.6 Å². The molecule has 82 valence electrons. The molecule has 0 radical (unpaired) electrons. The monoisotopic (exact) mass is 235 g/mol. The number of aryl methyl sites for hydroxylation is 1. The second-order valence-corrected chi connectivity index (χ2v) is 3.78. The lowest BCUT2D eigenvalue weighted by atomic mass is 10.1. The van der Waals surface area contributed by atoms with Gasteiger partial charge in [-0.2, -0.15) is 5.10 Å². The van der Waals surface area contributed by atoms with Crippen molar-refractivity contribution >= 4 is 23.2 Å². The van der Waals surface area contributed by atoms with Crippen molar-refractivity contribution in [3.63, 3.8) is 0 Å². The van der Waals surface area contributed by atoms with Gasteiger partial charge in [-0.05, 0) is 18.6 Å². The molecule has 2 N–H and O–H groups in total. The zero-order chi connectivity index (χ0) is 11.5. The highest BCUT2D eigenvalue weighted by Gasteiger charge is 2.13. The third-order valence-electron chi connectivity index (χ3n) is 2.21. The predicted octanol–water partition coefficient (Wildman–Crippen LogP) is 2.62. The third-order valence-corrected chi connectivity index (χ3v) is 2.52. The van der Waals surface area contributed by atoms with Crippen molar-refractivity contribution in [1.29, 1.82) is 0 Å². The first-order valence-electron chi connectivity index (χ1n) is 4.73. The fourth-order valence-corrected chi connectivity index (χ4v) is 1.74. The van der Waals surface area contributed by atoms with E-state index in [-0.39, 0.29) is 5.91 Å². The average molecular weight is 236 g/mol. The maximum absolute atomic E-state index is 11.9. The van der Waals surface area contributed by atoms with E-state index < -0.39 is 0 Å². The topological polar surface area (TPSA) is 57.8 Å². The van der Waals surface area contributed by atoms with Gasteiger partial charge in [0, 0.05) is 6.20 Å². The molecule has 0 aliphatic heterocycles. The Bertz CT molecular complexity index is 488. The Balaban J connectivity index is 2.28. The van der Waals surface area contributed by atoms with Crippen LogP contribution in [0.2, 0.25) is 5.02 Å². The summed E-state index contributed by atoms with van der Waals surface area (Å²) < 4.78 is 0. The number of hydrogen-bond acceptors (Lipinski definition) is 2. The Morgan fingerprint density at radius 1 is 1.50 bits per heavy atom. The number of aromatic nitrogens is 2. The van der Waals surface area contributed by atoms with Crippen molar-refractivity contribution in [1.82, 2.24) is 10.2 Å². The maximum Gasteiger partial charge on any atom is 0.257 e. The zero-order valence-electron chi connectivity index (χ0n) is 8.62. The number of amides is 1. The van der Waals surface area contributed by atoms with E-state index in [2.05, 4.69) is 15.5 Å². The first kappa shape index (κ1) is 10.7. The molecule has 2 rings (SSSR count). The Kier molecular flexibility index (Phi) is 2.92. The molecule has 1 aromatic carbocycles. The number of H-pyrrole nitrogens is 1. The Morgan fingerprint density at radius 3 is 2.94 bits per heavy atom. The van der Waals surface area contributed by atoms with Crippen LogP contribution in [0.3, 0.4) is 0 Å². The molecule has 0 aliphatic rings. The number of carbonyl (C=O) groups is 1. The van der Waals surface area contributed by atoms with E-state index in [0.29, 0.717) is 16.3 Å². The molecule has 1 amide bonds. The van der Waals surface area contributed by atoms with Crippen LogP contribution in [-0.2, 0) is 0 Å². The van der Waals surface area contributed by atoms with Crippen LogP contribution in [0.1, 0.15) is 15.9 Å². The lowest BCUT2D eigenvalue weighted by Crippen LogP contribution is -2.13. The molecular formula is C11H10ClN3O. The van der Waals surface area contributed by atoms with Gasteiger partial charge in [-0.25, -0.2) is 0 Å². The van der Waals surface area contributed by atoms with Crippen LogP contribution in [0.15, 0.2) is 30.6 Å². The number of nitrogens with zero attached hydrogens (tertiary/aromatic N) is 1. The molecule has 0 atom stereocenters. The number of nitrogens with one attached hydrogen (secondary N) is 2. The SMILES string of the molecule is Cc1cccc(Cl)c1C(=O)Nc1cn[nH]c1. The van der Waals surface area contributed by atoms with E-state index in [9.17, 15) is 4.79 Å². The summed E-state index contributed by atoms with van der Waals surface area (Å²) in [5.41, 5.74) is 1.95. The Labute approximate surface area is 97.6 Å². The van der Waals surface area contributed by atoms with Gasteiger partial charge < -0.3 is 5.32 Å². The highest BCUT2D eigenvalue weighted by Crippen LogP contribution is 2.20. The summed E-state index contributed by atoms with van der Waals surface area (Å²) in [7, 11) is 0. The van der Waals surface area contributed by atoms with E-state index in [4.69, 9.17) is 11.6 Å². The van der Waals surface area contributed by atoms with E-state index in [1.54, 1.807) is 12.3 Å². The zero-order valence-corrected chi connectivity index (χ0v) is 9.38. The number of carbonyl (C=O) groups excluding carboxylic acids is 1. The summed E-state index contributed by atoms with van der Waals surface area (Å²) in [5.74, 6) is -0.232.